The molecule has 0 bridgehead atoms. The van der Waals surface area contributed by atoms with Crippen LogP contribution in [0.5, 0.6) is 11.5 Å². The van der Waals surface area contributed by atoms with Gasteiger partial charge in [-0.3, -0.25) is 4.79 Å². The number of rotatable bonds is 5. The monoisotopic (exact) mass is 383 g/mol. The van der Waals surface area contributed by atoms with E-state index < -0.39 is 0 Å². The van der Waals surface area contributed by atoms with Crippen molar-refractivity contribution in [2.24, 2.45) is 0 Å². The summed E-state index contributed by atoms with van der Waals surface area (Å²) in [5, 5.41) is 2.95. The van der Waals surface area contributed by atoms with Crippen LogP contribution in [0.4, 0.5) is 17.1 Å². The van der Waals surface area contributed by atoms with E-state index in [-0.39, 0.29) is 5.91 Å². The second-order valence-electron chi connectivity index (χ2n) is 7.29. The van der Waals surface area contributed by atoms with Crippen LogP contribution in [0.25, 0.3) is 0 Å². The number of nitrogens with one attached hydrogen (secondary N) is 1. The zero-order valence-corrected chi connectivity index (χ0v) is 17.0. The predicted octanol–water partition coefficient (Wildman–Crippen LogP) is 4.23. The highest BCUT2D eigenvalue weighted by molar-refractivity contribution is 6.06. The average molecular weight is 383 g/mol. The SMILES string of the molecule is COc1ccc(C(=O)Nc2cc(N3CCCC[C@@H]3C)c(C)cc2N)cc1OC. The summed E-state index contributed by atoms with van der Waals surface area (Å²) in [6.45, 7) is 5.33. The molecule has 2 aromatic carbocycles. The molecule has 0 saturated carbocycles. The number of carbonyl (C=O) groups is 1. The number of carbonyl (C=O) groups excluding carboxylic acids is 1. The molecule has 1 aliphatic heterocycles. The molecule has 0 aliphatic carbocycles. The minimum atomic E-state index is -0.242. The lowest BCUT2D eigenvalue weighted by atomic mass is 10.0. The molecule has 6 nitrogen and oxygen atoms in total. The molecule has 2 aromatic rings. The summed E-state index contributed by atoms with van der Waals surface area (Å²) >= 11 is 0. The minimum absolute atomic E-state index is 0.242. The number of ether oxygens (including phenoxy) is 2. The van der Waals surface area contributed by atoms with Crippen molar-refractivity contribution in [3.05, 3.63) is 41.5 Å². The van der Waals surface area contributed by atoms with E-state index in [1.165, 1.54) is 19.3 Å². The Bertz CT molecular complexity index is 866. The van der Waals surface area contributed by atoms with Crippen molar-refractivity contribution in [2.45, 2.75) is 39.2 Å². The lowest BCUT2D eigenvalue weighted by molar-refractivity contribution is 0.102. The van der Waals surface area contributed by atoms with Crippen LogP contribution in [0.2, 0.25) is 0 Å². The van der Waals surface area contributed by atoms with Crippen LogP contribution >= 0.6 is 0 Å². The molecule has 1 amide bonds. The highest BCUT2D eigenvalue weighted by atomic mass is 16.5. The van der Waals surface area contributed by atoms with E-state index >= 15 is 0 Å². The molecule has 150 valence electrons. The molecule has 1 fully saturated rings. The number of aryl methyl sites for hydroxylation is 1. The maximum atomic E-state index is 12.8. The Morgan fingerprint density at radius 3 is 2.57 bits per heavy atom. The van der Waals surface area contributed by atoms with Gasteiger partial charge in [-0.15, -0.1) is 0 Å². The lowest BCUT2D eigenvalue weighted by Gasteiger charge is -2.36. The first-order chi connectivity index (χ1) is 13.4. The molecule has 28 heavy (non-hydrogen) atoms. The third-order valence-corrected chi connectivity index (χ3v) is 5.37. The normalized spacial score (nSPS) is 16.6. The molecule has 0 radical (unpaired) electrons. The molecule has 6 heteroatoms. The van der Waals surface area contributed by atoms with Crippen molar-refractivity contribution < 1.29 is 14.3 Å². The molecule has 1 heterocycles. The van der Waals surface area contributed by atoms with E-state index in [0.29, 0.717) is 34.5 Å². The summed E-state index contributed by atoms with van der Waals surface area (Å²) in [5.74, 6) is 0.847. The van der Waals surface area contributed by atoms with Crippen molar-refractivity contribution in [3.63, 3.8) is 0 Å². The number of anilines is 3. The molecule has 3 rings (SSSR count). The first-order valence-electron chi connectivity index (χ1n) is 9.64. The number of amides is 1. The van der Waals surface area contributed by atoms with Gasteiger partial charge in [0.2, 0.25) is 0 Å². The Kier molecular flexibility index (Phi) is 5.97. The maximum absolute atomic E-state index is 12.8. The number of hydrogen-bond acceptors (Lipinski definition) is 5. The summed E-state index contributed by atoms with van der Waals surface area (Å²) in [7, 11) is 3.11. The van der Waals surface area contributed by atoms with Gasteiger partial charge in [0.05, 0.1) is 25.6 Å². The van der Waals surface area contributed by atoms with E-state index in [9.17, 15) is 4.79 Å². The Labute approximate surface area is 166 Å². The van der Waals surface area contributed by atoms with Crippen molar-refractivity contribution in [2.75, 3.05) is 36.7 Å². The number of nitrogens with zero attached hydrogens (tertiary/aromatic N) is 1. The van der Waals surface area contributed by atoms with Crippen molar-refractivity contribution >= 4 is 23.0 Å². The minimum Gasteiger partial charge on any atom is -0.493 e. The number of methoxy groups -OCH3 is 2. The molecule has 0 spiro atoms. The molecule has 1 saturated heterocycles. The fraction of sp³-hybridized carbons (Fsp3) is 0.409. The van der Waals surface area contributed by atoms with Gasteiger partial charge in [-0.1, -0.05) is 0 Å². The smallest absolute Gasteiger partial charge is 0.255 e. The number of benzene rings is 2. The topological polar surface area (TPSA) is 76.8 Å². The van der Waals surface area contributed by atoms with Crippen LogP contribution in [0.1, 0.15) is 42.1 Å². The second kappa shape index (κ2) is 8.42. The highest BCUT2D eigenvalue weighted by Gasteiger charge is 2.21. The molecule has 0 unspecified atom stereocenters. The number of nitrogen functional groups attached to an aromatic ring is 1. The summed E-state index contributed by atoms with van der Waals surface area (Å²) in [4.78, 5) is 15.2. The molecule has 3 N–H and O–H groups in total. The average Bonchev–Trinajstić information content (AvgIpc) is 2.70. The Morgan fingerprint density at radius 1 is 1.14 bits per heavy atom. The van der Waals surface area contributed by atoms with Crippen LogP contribution in [0.15, 0.2) is 30.3 Å². The number of nitrogens with two attached hydrogens (primary N) is 1. The first kappa shape index (κ1) is 19.9. The van der Waals surface area contributed by atoms with E-state index in [1.54, 1.807) is 32.4 Å². The van der Waals surface area contributed by atoms with Gasteiger partial charge in [-0.2, -0.15) is 0 Å². The van der Waals surface area contributed by atoms with Crippen molar-refractivity contribution in [1.82, 2.24) is 0 Å². The maximum Gasteiger partial charge on any atom is 0.255 e. The van der Waals surface area contributed by atoms with Gasteiger partial charge in [0, 0.05) is 23.8 Å². The number of piperidine rings is 1. The second-order valence-corrected chi connectivity index (χ2v) is 7.29. The van der Waals surface area contributed by atoms with Crippen LogP contribution in [-0.2, 0) is 0 Å². The summed E-state index contributed by atoms with van der Waals surface area (Å²) in [5.41, 5.74) is 10.1. The first-order valence-corrected chi connectivity index (χ1v) is 9.64. The molecule has 0 aromatic heterocycles. The van der Waals surface area contributed by atoms with Gasteiger partial charge in [-0.25, -0.2) is 0 Å². The highest BCUT2D eigenvalue weighted by Crippen LogP contribution is 2.34. The van der Waals surface area contributed by atoms with Gasteiger partial charge in [0.1, 0.15) is 0 Å². The molecular formula is C22H29N3O3. The van der Waals surface area contributed by atoms with Gasteiger partial charge in [0.25, 0.3) is 5.91 Å². The van der Waals surface area contributed by atoms with Crippen LogP contribution in [-0.4, -0.2) is 32.7 Å². The zero-order chi connectivity index (χ0) is 20.3. The summed E-state index contributed by atoms with van der Waals surface area (Å²) < 4.78 is 10.5. The third kappa shape index (κ3) is 4.01. The van der Waals surface area contributed by atoms with Crippen molar-refractivity contribution in [3.8, 4) is 11.5 Å². The van der Waals surface area contributed by atoms with E-state index in [1.807, 2.05) is 12.1 Å². The van der Waals surface area contributed by atoms with Gasteiger partial charge < -0.3 is 25.4 Å². The van der Waals surface area contributed by atoms with Crippen LogP contribution in [0, 0.1) is 6.92 Å². The summed E-state index contributed by atoms with van der Waals surface area (Å²) in [6.07, 6.45) is 3.62. The van der Waals surface area contributed by atoms with E-state index in [2.05, 4.69) is 24.1 Å². The predicted molar refractivity (Wildman–Crippen MR) is 114 cm³/mol. The summed E-state index contributed by atoms with van der Waals surface area (Å²) in [6, 6.07) is 9.48. The largest absolute Gasteiger partial charge is 0.493 e. The molecule has 1 atom stereocenters. The fourth-order valence-corrected chi connectivity index (χ4v) is 3.76. The van der Waals surface area contributed by atoms with E-state index in [4.69, 9.17) is 15.2 Å². The van der Waals surface area contributed by atoms with Gasteiger partial charge in [0.15, 0.2) is 11.5 Å². The standard InChI is InChI=1S/C22H29N3O3/c1-14-11-17(23)18(13-19(14)25-10-6-5-7-15(25)2)24-22(26)16-8-9-20(27-3)21(12-16)28-4/h8-9,11-13,15H,5-7,10,23H2,1-4H3,(H,24,26)/t15-/m0/s1. The van der Waals surface area contributed by atoms with E-state index in [0.717, 1.165) is 17.8 Å². The third-order valence-electron chi connectivity index (χ3n) is 5.37. The Hall–Kier alpha value is -2.89. The fourth-order valence-electron chi connectivity index (χ4n) is 3.76. The Morgan fingerprint density at radius 2 is 1.89 bits per heavy atom. The molecule has 1 aliphatic rings. The number of hydrogen-bond donors (Lipinski definition) is 2. The zero-order valence-electron chi connectivity index (χ0n) is 17.0. The van der Waals surface area contributed by atoms with Crippen LogP contribution < -0.4 is 25.4 Å². The lowest BCUT2D eigenvalue weighted by Crippen LogP contribution is -2.37. The Balaban J connectivity index is 1.87. The molecular weight excluding hydrogens is 354 g/mol. The van der Waals surface area contributed by atoms with Crippen molar-refractivity contribution in [1.29, 1.82) is 0 Å². The van der Waals surface area contributed by atoms with Gasteiger partial charge in [-0.05, 0) is 69.0 Å². The quantitative estimate of drug-likeness (QED) is 0.756. The van der Waals surface area contributed by atoms with Gasteiger partial charge >= 0.3 is 0 Å². The van der Waals surface area contributed by atoms with Crippen LogP contribution in [0.3, 0.4) is 0 Å².